The van der Waals surface area contributed by atoms with Crippen molar-refractivity contribution in [2.45, 2.75) is 83.2 Å². The molecule has 0 spiro atoms. The van der Waals surface area contributed by atoms with Gasteiger partial charge in [-0.1, -0.05) is 51.9 Å². The van der Waals surface area contributed by atoms with E-state index in [-0.39, 0.29) is 11.9 Å². The molecule has 1 aliphatic rings. The third-order valence-corrected chi connectivity index (χ3v) is 3.73. The Balaban J connectivity index is 2.16. The van der Waals surface area contributed by atoms with Crippen LogP contribution < -0.4 is 11.1 Å². The zero-order valence-corrected chi connectivity index (χ0v) is 11.2. The topological polar surface area (TPSA) is 55.1 Å². The number of primary amides is 1. The fraction of sp³-hybridized carbons (Fsp3) is 0.929. The van der Waals surface area contributed by atoms with Crippen LogP contribution in [-0.4, -0.2) is 18.0 Å². The van der Waals surface area contributed by atoms with E-state index in [0.29, 0.717) is 6.04 Å². The molecule has 1 fully saturated rings. The Labute approximate surface area is 106 Å². The monoisotopic (exact) mass is 240 g/mol. The summed E-state index contributed by atoms with van der Waals surface area (Å²) in [5.41, 5.74) is 5.45. The van der Waals surface area contributed by atoms with Crippen LogP contribution in [0.2, 0.25) is 0 Å². The molecule has 1 aliphatic carbocycles. The van der Waals surface area contributed by atoms with E-state index in [2.05, 4.69) is 12.2 Å². The summed E-state index contributed by atoms with van der Waals surface area (Å²) in [5.74, 6) is -0.174. The van der Waals surface area contributed by atoms with Gasteiger partial charge in [0.1, 0.15) is 0 Å². The molecule has 0 aromatic rings. The molecule has 3 N–H and O–H groups in total. The van der Waals surface area contributed by atoms with Gasteiger partial charge < -0.3 is 11.1 Å². The Morgan fingerprint density at radius 2 is 1.88 bits per heavy atom. The van der Waals surface area contributed by atoms with Gasteiger partial charge in [-0.05, 0) is 19.3 Å². The quantitative estimate of drug-likeness (QED) is 0.609. The predicted molar refractivity (Wildman–Crippen MR) is 71.8 cm³/mol. The number of nitrogens with two attached hydrogens (primary N) is 1. The van der Waals surface area contributed by atoms with Gasteiger partial charge in [0.15, 0.2) is 0 Å². The molecule has 100 valence electrons. The van der Waals surface area contributed by atoms with E-state index < -0.39 is 0 Å². The molecule has 1 rings (SSSR count). The molecule has 3 nitrogen and oxygen atoms in total. The normalized spacial score (nSPS) is 18.4. The molecular formula is C14H28N2O. The van der Waals surface area contributed by atoms with Gasteiger partial charge >= 0.3 is 0 Å². The van der Waals surface area contributed by atoms with E-state index in [0.717, 1.165) is 12.8 Å². The largest absolute Gasteiger partial charge is 0.368 e. The highest BCUT2D eigenvalue weighted by Gasteiger charge is 2.21. The van der Waals surface area contributed by atoms with E-state index in [1.807, 2.05) is 0 Å². The molecule has 0 aliphatic heterocycles. The summed E-state index contributed by atoms with van der Waals surface area (Å²) in [6.07, 6.45) is 12.1. The summed E-state index contributed by atoms with van der Waals surface area (Å²) in [5, 5.41) is 3.43. The maximum atomic E-state index is 11.4. The van der Waals surface area contributed by atoms with Crippen molar-refractivity contribution in [1.29, 1.82) is 0 Å². The van der Waals surface area contributed by atoms with Crippen molar-refractivity contribution in [1.82, 2.24) is 5.32 Å². The van der Waals surface area contributed by atoms with Crippen LogP contribution in [0.5, 0.6) is 0 Å². The average Bonchev–Trinajstić information content (AvgIpc) is 2.79. The highest BCUT2D eigenvalue weighted by atomic mass is 16.1. The van der Waals surface area contributed by atoms with Crippen LogP contribution in [0.15, 0.2) is 0 Å². The van der Waals surface area contributed by atoms with Crippen LogP contribution in [0, 0.1) is 0 Å². The fourth-order valence-corrected chi connectivity index (χ4v) is 2.64. The SMILES string of the molecule is CCCCCCCC(NC1CCCC1)C(N)=O. The summed E-state index contributed by atoms with van der Waals surface area (Å²) in [4.78, 5) is 11.4. The zero-order chi connectivity index (χ0) is 12.5. The van der Waals surface area contributed by atoms with Crippen LogP contribution in [0.25, 0.3) is 0 Å². The summed E-state index contributed by atoms with van der Waals surface area (Å²) in [6, 6.07) is 0.433. The summed E-state index contributed by atoms with van der Waals surface area (Å²) >= 11 is 0. The standard InChI is InChI=1S/C14H28N2O/c1-2-3-4-5-6-11-13(14(15)17)16-12-9-7-8-10-12/h12-13,16H,2-11H2,1H3,(H2,15,17). The molecule has 0 bridgehead atoms. The molecular weight excluding hydrogens is 212 g/mol. The molecule has 0 aromatic carbocycles. The van der Waals surface area contributed by atoms with Crippen molar-refractivity contribution in [3.8, 4) is 0 Å². The van der Waals surface area contributed by atoms with Crippen LogP contribution in [-0.2, 0) is 4.79 Å². The number of rotatable bonds is 9. The zero-order valence-electron chi connectivity index (χ0n) is 11.2. The summed E-state index contributed by atoms with van der Waals surface area (Å²) in [7, 11) is 0. The van der Waals surface area contributed by atoms with Crippen molar-refractivity contribution >= 4 is 5.91 Å². The third kappa shape index (κ3) is 6.06. The van der Waals surface area contributed by atoms with E-state index in [1.54, 1.807) is 0 Å². The predicted octanol–water partition coefficient (Wildman–Crippen LogP) is 2.73. The number of hydrogen-bond acceptors (Lipinski definition) is 2. The van der Waals surface area contributed by atoms with Gasteiger partial charge in [0, 0.05) is 6.04 Å². The Morgan fingerprint density at radius 1 is 1.24 bits per heavy atom. The lowest BCUT2D eigenvalue weighted by Gasteiger charge is -2.20. The van der Waals surface area contributed by atoms with Crippen LogP contribution in [0.4, 0.5) is 0 Å². The van der Waals surface area contributed by atoms with Gasteiger partial charge in [0.25, 0.3) is 0 Å². The van der Waals surface area contributed by atoms with Gasteiger partial charge in [0.05, 0.1) is 6.04 Å². The minimum absolute atomic E-state index is 0.0975. The Kier molecular flexibility index (Phi) is 7.25. The van der Waals surface area contributed by atoms with Gasteiger partial charge in [-0.15, -0.1) is 0 Å². The summed E-state index contributed by atoms with van der Waals surface area (Å²) < 4.78 is 0. The maximum Gasteiger partial charge on any atom is 0.234 e. The Bertz CT molecular complexity index is 212. The maximum absolute atomic E-state index is 11.4. The van der Waals surface area contributed by atoms with Gasteiger partial charge in [0.2, 0.25) is 5.91 Å². The number of carbonyl (C=O) groups excluding carboxylic acids is 1. The Hall–Kier alpha value is -0.570. The van der Waals surface area contributed by atoms with Crippen molar-refractivity contribution < 1.29 is 4.79 Å². The fourth-order valence-electron chi connectivity index (χ4n) is 2.64. The van der Waals surface area contributed by atoms with E-state index >= 15 is 0 Å². The second-order valence-corrected chi connectivity index (χ2v) is 5.31. The molecule has 17 heavy (non-hydrogen) atoms. The Morgan fingerprint density at radius 3 is 2.47 bits per heavy atom. The lowest BCUT2D eigenvalue weighted by molar-refractivity contribution is -0.120. The first-order valence-corrected chi connectivity index (χ1v) is 7.29. The molecule has 1 atom stereocenters. The number of nitrogens with one attached hydrogen (secondary N) is 1. The van der Waals surface area contributed by atoms with Crippen molar-refractivity contribution in [3.05, 3.63) is 0 Å². The first-order chi connectivity index (χ1) is 8.24. The molecule has 0 heterocycles. The second kappa shape index (κ2) is 8.51. The van der Waals surface area contributed by atoms with Gasteiger partial charge in [-0.25, -0.2) is 0 Å². The van der Waals surface area contributed by atoms with Crippen molar-refractivity contribution in [2.24, 2.45) is 5.73 Å². The molecule has 0 aromatic heterocycles. The third-order valence-electron chi connectivity index (χ3n) is 3.73. The van der Waals surface area contributed by atoms with Gasteiger partial charge in [-0.2, -0.15) is 0 Å². The first kappa shape index (κ1) is 14.5. The van der Waals surface area contributed by atoms with Crippen molar-refractivity contribution in [3.63, 3.8) is 0 Å². The van der Waals surface area contributed by atoms with E-state index in [4.69, 9.17) is 5.73 Å². The summed E-state index contributed by atoms with van der Waals surface area (Å²) in [6.45, 7) is 2.22. The average molecular weight is 240 g/mol. The van der Waals surface area contributed by atoms with Crippen LogP contribution in [0.3, 0.4) is 0 Å². The van der Waals surface area contributed by atoms with E-state index in [1.165, 1.54) is 51.4 Å². The van der Waals surface area contributed by atoms with Crippen LogP contribution in [0.1, 0.15) is 71.1 Å². The highest BCUT2D eigenvalue weighted by Crippen LogP contribution is 2.19. The van der Waals surface area contributed by atoms with E-state index in [9.17, 15) is 4.79 Å². The molecule has 3 heteroatoms. The molecule has 1 saturated carbocycles. The molecule has 1 unspecified atom stereocenters. The molecule has 0 saturated heterocycles. The lowest BCUT2D eigenvalue weighted by Crippen LogP contribution is -2.45. The number of amides is 1. The molecule has 1 amide bonds. The smallest absolute Gasteiger partial charge is 0.234 e. The van der Waals surface area contributed by atoms with Crippen LogP contribution >= 0.6 is 0 Å². The number of hydrogen-bond donors (Lipinski definition) is 2. The first-order valence-electron chi connectivity index (χ1n) is 7.29. The number of unbranched alkanes of at least 4 members (excludes halogenated alkanes) is 4. The van der Waals surface area contributed by atoms with Crippen molar-refractivity contribution in [2.75, 3.05) is 0 Å². The second-order valence-electron chi connectivity index (χ2n) is 5.31. The minimum atomic E-state index is -0.174. The number of carbonyl (C=O) groups is 1. The van der Waals surface area contributed by atoms with Gasteiger partial charge in [-0.3, -0.25) is 4.79 Å². The molecule has 0 radical (unpaired) electrons. The lowest BCUT2D eigenvalue weighted by atomic mass is 10.0. The minimum Gasteiger partial charge on any atom is -0.368 e. The highest BCUT2D eigenvalue weighted by molar-refractivity contribution is 5.79.